The third-order valence-corrected chi connectivity index (χ3v) is 3.87. The second kappa shape index (κ2) is 7.90. The van der Waals surface area contributed by atoms with E-state index in [1.807, 2.05) is 24.3 Å². The van der Waals surface area contributed by atoms with Gasteiger partial charge < -0.3 is 5.32 Å². The maximum atomic E-state index is 10.9. The fraction of sp³-hybridized carbons (Fsp3) is 0.250. The monoisotopic (exact) mass is 348 g/mol. The average molecular weight is 349 g/mol. The van der Waals surface area contributed by atoms with Crippen LogP contribution < -0.4 is 5.32 Å². The fourth-order valence-electron chi connectivity index (χ4n) is 2.10. The van der Waals surface area contributed by atoms with Crippen molar-refractivity contribution < 1.29 is 4.92 Å². The van der Waals surface area contributed by atoms with Crippen molar-refractivity contribution in [3.05, 3.63) is 74.2 Å². The van der Waals surface area contributed by atoms with Gasteiger partial charge in [-0.1, -0.05) is 36.4 Å². The predicted molar refractivity (Wildman–Crippen MR) is 87.3 cm³/mol. The second-order valence-corrected chi connectivity index (χ2v) is 5.66. The Balaban J connectivity index is 1.76. The molecule has 2 rings (SSSR count). The highest BCUT2D eigenvalue weighted by Crippen LogP contribution is 2.25. The van der Waals surface area contributed by atoms with Gasteiger partial charge >= 0.3 is 0 Å². The number of hydrogen-bond acceptors (Lipinski definition) is 3. The van der Waals surface area contributed by atoms with E-state index < -0.39 is 0 Å². The quantitative estimate of drug-likeness (QED) is 0.466. The van der Waals surface area contributed by atoms with Crippen LogP contribution in [0.4, 0.5) is 5.69 Å². The van der Waals surface area contributed by atoms with Crippen LogP contribution in [0.5, 0.6) is 0 Å². The summed E-state index contributed by atoms with van der Waals surface area (Å²) in [6.45, 7) is 1.53. The summed E-state index contributed by atoms with van der Waals surface area (Å²) in [7, 11) is 0. The van der Waals surface area contributed by atoms with Crippen molar-refractivity contribution in [3.63, 3.8) is 0 Å². The maximum absolute atomic E-state index is 10.9. The lowest BCUT2D eigenvalue weighted by Crippen LogP contribution is -2.15. The molecule has 2 aromatic rings. The molecular weight excluding hydrogens is 332 g/mol. The molecule has 0 heterocycles. The zero-order chi connectivity index (χ0) is 15.1. The van der Waals surface area contributed by atoms with Crippen molar-refractivity contribution in [1.82, 2.24) is 5.32 Å². The topological polar surface area (TPSA) is 55.2 Å². The van der Waals surface area contributed by atoms with Gasteiger partial charge in [0.15, 0.2) is 0 Å². The summed E-state index contributed by atoms with van der Waals surface area (Å²) < 4.78 is 0.514. The number of nitrogens with one attached hydrogen (secondary N) is 1. The molecule has 0 aromatic heterocycles. The van der Waals surface area contributed by atoms with Gasteiger partial charge in [0, 0.05) is 12.6 Å². The Hall–Kier alpha value is -1.72. The summed E-state index contributed by atoms with van der Waals surface area (Å²) in [5.41, 5.74) is 2.36. The van der Waals surface area contributed by atoms with Crippen molar-refractivity contribution in [1.29, 1.82) is 0 Å². The largest absolute Gasteiger partial charge is 0.313 e. The summed E-state index contributed by atoms with van der Waals surface area (Å²) in [6.07, 6.45) is 2.08. The normalized spacial score (nSPS) is 10.5. The molecule has 110 valence electrons. The molecule has 2 aromatic carbocycles. The lowest BCUT2D eigenvalue weighted by atomic mass is 10.1. The molecule has 0 aliphatic rings. The van der Waals surface area contributed by atoms with Crippen molar-refractivity contribution >= 4 is 21.6 Å². The molecule has 0 aliphatic heterocycles. The number of aryl methyl sites for hydroxylation is 1. The molecule has 5 heteroatoms. The molecule has 0 saturated carbocycles. The van der Waals surface area contributed by atoms with E-state index in [0.717, 1.165) is 24.9 Å². The van der Waals surface area contributed by atoms with Crippen LogP contribution in [-0.2, 0) is 13.0 Å². The SMILES string of the molecule is O=[N+]([O-])c1cc(CNCCCc2ccccc2)ccc1Br. The van der Waals surface area contributed by atoms with Crippen LogP contribution in [0.2, 0.25) is 0 Å². The van der Waals surface area contributed by atoms with Gasteiger partial charge in [-0.2, -0.15) is 0 Å². The Bertz CT molecular complexity index is 602. The Labute approximate surface area is 132 Å². The first kappa shape index (κ1) is 15.7. The molecule has 0 atom stereocenters. The van der Waals surface area contributed by atoms with Crippen LogP contribution >= 0.6 is 15.9 Å². The molecule has 0 aliphatic carbocycles. The van der Waals surface area contributed by atoms with Crippen molar-refractivity contribution in [3.8, 4) is 0 Å². The van der Waals surface area contributed by atoms with Gasteiger partial charge in [0.05, 0.1) is 9.40 Å². The average Bonchev–Trinajstić information content (AvgIpc) is 2.49. The van der Waals surface area contributed by atoms with Gasteiger partial charge in [-0.25, -0.2) is 0 Å². The van der Waals surface area contributed by atoms with Gasteiger partial charge in [0.2, 0.25) is 0 Å². The second-order valence-electron chi connectivity index (χ2n) is 4.81. The summed E-state index contributed by atoms with van der Waals surface area (Å²) in [6, 6.07) is 15.6. The summed E-state index contributed by atoms with van der Waals surface area (Å²) >= 11 is 3.19. The molecule has 0 amide bonds. The van der Waals surface area contributed by atoms with E-state index in [9.17, 15) is 10.1 Å². The molecule has 1 N–H and O–H groups in total. The van der Waals surface area contributed by atoms with Gasteiger partial charge in [-0.15, -0.1) is 0 Å². The zero-order valence-corrected chi connectivity index (χ0v) is 13.2. The van der Waals surface area contributed by atoms with Crippen LogP contribution in [0.15, 0.2) is 53.0 Å². The minimum atomic E-state index is -0.372. The standard InChI is InChI=1S/C16H17BrN2O2/c17-15-9-8-14(11-16(15)19(20)21)12-18-10-4-7-13-5-2-1-3-6-13/h1-3,5-6,8-9,11,18H,4,7,10,12H2. The van der Waals surface area contributed by atoms with Gasteiger partial charge in [0.1, 0.15) is 0 Å². The number of hydrogen-bond donors (Lipinski definition) is 1. The van der Waals surface area contributed by atoms with Crippen molar-refractivity contribution in [2.24, 2.45) is 0 Å². The predicted octanol–water partition coefficient (Wildman–Crippen LogP) is 4.08. The Kier molecular flexibility index (Phi) is 5.90. The van der Waals surface area contributed by atoms with Crippen LogP contribution in [0.1, 0.15) is 17.5 Å². The third kappa shape index (κ3) is 4.95. The zero-order valence-electron chi connectivity index (χ0n) is 11.6. The van der Waals surface area contributed by atoms with Crippen LogP contribution in [0.3, 0.4) is 0 Å². The van der Waals surface area contributed by atoms with Gasteiger partial charge in [-0.3, -0.25) is 10.1 Å². The first-order valence-electron chi connectivity index (χ1n) is 6.84. The van der Waals surface area contributed by atoms with E-state index in [1.54, 1.807) is 12.1 Å². The van der Waals surface area contributed by atoms with Crippen molar-refractivity contribution in [2.75, 3.05) is 6.54 Å². The Morgan fingerprint density at radius 2 is 1.86 bits per heavy atom. The highest BCUT2D eigenvalue weighted by Gasteiger charge is 2.11. The van der Waals surface area contributed by atoms with E-state index in [1.165, 1.54) is 5.56 Å². The van der Waals surface area contributed by atoms with Crippen LogP contribution in [0, 0.1) is 10.1 Å². The summed E-state index contributed by atoms with van der Waals surface area (Å²) in [5, 5.41) is 14.2. The van der Waals surface area contributed by atoms with E-state index >= 15 is 0 Å². The first-order valence-corrected chi connectivity index (χ1v) is 7.63. The highest BCUT2D eigenvalue weighted by molar-refractivity contribution is 9.10. The maximum Gasteiger partial charge on any atom is 0.283 e. The van der Waals surface area contributed by atoms with E-state index in [-0.39, 0.29) is 10.6 Å². The minimum Gasteiger partial charge on any atom is -0.313 e. The molecule has 0 spiro atoms. The number of rotatable bonds is 7. The number of halogens is 1. The minimum absolute atomic E-state index is 0.110. The first-order chi connectivity index (χ1) is 10.2. The molecule has 0 radical (unpaired) electrons. The Morgan fingerprint density at radius 3 is 2.57 bits per heavy atom. The van der Waals surface area contributed by atoms with E-state index in [4.69, 9.17) is 0 Å². The molecule has 0 unspecified atom stereocenters. The number of nitrogens with zero attached hydrogens (tertiary/aromatic N) is 1. The molecule has 0 bridgehead atoms. The van der Waals surface area contributed by atoms with Gasteiger partial charge in [0.25, 0.3) is 5.69 Å². The Morgan fingerprint density at radius 1 is 1.10 bits per heavy atom. The number of benzene rings is 2. The molecule has 0 fully saturated rings. The highest BCUT2D eigenvalue weighted by atomic mass is 79.9. The summed E-state index contributed by atoms with van der Waals surface area (Å²) in [4.78, 5) is 10.5. The molecule has 4 nitrogen and oxygen atoms in total. The van der Waals surface area contributed by atoms with Crippen LogP contribution in [-0.4, -0.2) is 11.5 Å². The number of nitro benzene ring substituents is 1. The molecule has 21 heavy (non-hydrogen) atoms. The fourth-order valence-corrected chi connectivity index (χ4v) is 2.49. The smallest absolute Gasteiger partial charge is 0.283 e. The van der Waals surface area contributed by atoms with E-state index in [2.05, 4.69) is 33.4 Å². The number of nitro groups is 1. The summed E-state index contributed by atoms with van der Waals surface area (Å²) in [5.74, 6) is 0. The van der Waals surface area contributed by atoms with Crippen molar-refractivity contribution in [2.45, 2.75) is 19.4 Å². The molecule has 0 saturated heterocycles. The van der Waals surface area contributed by atoms with E-state index in [0.29, 0.717) is 11.0 Å². The lowest BCUT2D eigenvalue weighted by molar-refractivity contribution is -0.385. The third-order valence-electron chi connectivity index (χ3n) is 3.20. The van der Waals surface area contributed by atoms with Crippen LogP contribution in [0.25, 0.3) is 0 Å². The lowest BCUT2D eigenvalue weighted by Gasteiger charge is -2.06. The molecular formula is C16H17BrN2O2. The van der Waals surface area contributed by atoms with Gasteiger partial charge in [-0.05, 0) is 52.5 Å².